The van der Waals surface area contributed by atoms with E-state index in [1.165, 1.54) is 24.3 Å². The monoisotopic (exact) mass is 312 g/mol. The van der Waals surface area contributed by atoms with E-state index in [1.54, 1.807) is 24.1 Å². The Balaban J connectivity index is 2.46. The van der Waals surface area contributed by atoms with Gasteiger partial charge in [-0.2, -0.15) is 0 Å². The summed E-state index contributed by atoms with van der Waals surface area (Å²) < 4.78 is 27.0. The lowest BCUT2D eigenvalue weighted by atomic mass is 10.2. The molecule has 0 amide bonds. The second-order valence-electron chi connectivity index (χ2n) is 3.86. The third-order valence-electron chi connectivity index (χ3n) is 2.63. The lowest BCUT2D eigenvalue weighted by Gasteiger charge is -2.21. The Morgan fingerprint density at radius 3 is 2.56 bits per heavy atom. The number of hydrogen-bond donors (Lipinski definition) is 1. The van der Waals surface area contributed by atoms with Gasteiger partial charge in [-0.3, -0.25) is 0 Å². The van der Waals surface area contributed by atoms with Crippen LogP contribution in [0.3, 0.4) is 0 Å². The molecule has 94 valence electrons. The topological polar surface area (TPSA) is 29.3 Å². The first-order valence-electron chi connectivity index (χ1n) is 5.23. The summed E-state index contributed by atoms with van der Waals surface area (Å²) in [7, 11) is 1.70. The summed E-state index contributed by atoms with van der Waals surface area (Å²) in [5.74, 6) is -0.766. The van der Waals surface area contributed by atoms with Crippen LogP contribution in [-0.4, -0.2) is 7.05 Å². The van der Waals surface area contributed by atoms with E-state index >= 15 is 0 Å². The molecule has 18 heavy (non-hydrogen) atoms. The molecule has 0 saturated heterocycles. The second kappa shape index (κ2) is 4.94. The van der Waals surface area contributed by atoms with Gasteiger partial charge in [-0.05, 0) is 40.2 Å². The molecule has 0 aliphatic carbocycles. The van der Waals surface area contributed by atoms with Crippen LogP contribution in [0.25, 0.3) is 0 Å². The highest BCUT2D eigenvalue weighted by Crippen LogP contribution is 2.33. The Bertz CT molecular complexity index is 587. The molecule has 2 rings (SSSR count). The van der Waals surface area contributed by atoms with Crippen molar-refractivity contribution in [1.82, 2.24) is 0 Å². The average Bonchev–Trinajstić information content (AvgIpc) is 2.33. The number of rotatable bonds is 2. The highest BCUT2D eigenvalue weighted by molar-refractivity contribution is 9.10. The van der Waals surface area contributed by atoms with Crippen molar-refractivity contribution in [3.8, 4) is 0 Å². The number of nitrogen functional groups attached to an aromatic ring is 1. The molecule has 0 radical (unpaired) electrons. The molecule has 0 aromatic heterocycles. The Labute approximate surface area is 112 Å². The van der Waals surface area contributed by atoms with Crippen molar-refractivity contribution < 1.29 is 8.78 Å². The summed E-state index contributed by atoms with van der Waals surface area (Å²) >= 11 is 3.06. The first-order chi connectivity index (χ1) is 8.49. The molecule has 2 N–H and O–H groups in total. The molecule has 2 aromatic rings. The molecule has 0 saturated carbocycles. The first-order valence-corrected chi connectivity index (χ1v) is 6.02. The third kappa shape index (κ3) is 2.46. The highest BCUT2D eigenvalue weighted by atomic mass is 79.9. The quantitative estimate of drug-likeness (QED) is 0.847. The Morgan fingerprint density at radius 1 is 1.17 bits per heavy atom. The van der Waals surface area contributed by atoms with Crippen molar-refractivity contribution >= 4 is 33.0 Å². The molecule has 0 fully saturated rings. The van der Waals surface area contributed by atoms with E-state index in [0.717, 1.165) is 0 Å². The van der Waals surface area contributed by atoms with Crippen molar-refractivity contribution in [2.75, 3.05) is 17.7 Å². The number of anilines is 3. The molecule has 2 nitrogen and oxygen atoms in total. The van der Waals surface area contributed by atoms with E-state index in [4.69, 9.17) is 5.73 Å². The van der Waals surface area contributed by atoms with Gasteiger partial charge in [-0.25, -0.2) is 8.78 Å². The van der Waals surface area contributed by atoms with Gasteiger partial charge in [0.25, 0.3) is 0 Å². The molecular weight excluding hydrogens is 302 g/mol. The Kier molecular flexibility index (Phi) is 3.52. The number of nitrogens with zero attached hydrogens (tertiary/aromatic N) is 1. The van der Waals surface area contributed by atoms with Gasteiger partial charge in [0, 0.05) is 18.8 Å². The van der Waals surface area contributed by atoms with Crippen LogP contribution in [-0.2, 0) is 0 Å². The largest absolute Gasteiger partial charge is 0.397 e. The van der Waals surface area contributed by atoms with Gasteiger partial charge in [0.05, 0.1) is 15.8 Å². The molecule has 0 heterocycles. The molecule has 5 heteroatoms. The molecule has 0 aliphatic heterocycles. The van der Waals surface area contributed by atoms with E-state index in [0.29, 0.717) is 21.5 Å². The number of hydrogen-bond acceptors (Lipinski definition) is 2. The van der Waals surface area contributed by atoms with Crippen LogP contribution in [0.15, 0.2) is 40.9 Å². The van der Waals surface area contributed by atoms with Crippen LogP contribution in [0.1, 0.15) is 0 Å². The smallest absolute Gasteiger partial charge is 0.139 e. The Morgan fingerprint density at radius 2 is 1.89 bits per heavy atom. The summed E-state index contributed by atoms with van der Waals surface area (Å²) in [5.41, 5.74) is 7.33. The molecule has 0 bridgehead atoms. The van der Waals surface area contributed by atoms with Gasteiger partial charge < -0.3 is 10.6 Å². The maximum Gasteiger partial charge on any atom is 0.139 e. The van der Waals surface area contributed by atoms with Gasteiger partial charge >= 0.3 is 0 Å². The van der Waals surface area contributed by atoms with Crippen LogP contribution in [0.4, 0.5) is 25.8 Å². The molecule has 0 unspecified atom stereocenters. The van der Waals surface area contributed by atoms with Crippen molar-refractivity contribution in [3.05, 3.63) is 52.5 Å². The van der Waals surface area contributed by atoms with Gasteiger partial charge in [0.15, 0.2) is 0 Å². The Hall–Kier alpha value is -1.62. The zero-order chi connectivity index (χ0) is 13.3. The normalized spacial score (nSPS) is 10.4. The summed E-state index contributed by atoms with van der Waals surface area (Å²) in [6.07, 6.45) is 0. The fraction of sp³-hybridized carbons (Fsp3) is 0.0769. The minimum atomic E-state index is -0.414. The van der Waals surface area contributed by atoms with Crippen LogP contribution >= 0.6 is 15.9 Å². The predicted molar refractivity (Wildman–Crippen MR) is 73.0 cm³/mol. The molecule has 0 aliphatic rings. The minimum absolute atomic E-state index is 0.302. The van der Waals surface area contributed by atoms with Gasteiger partial charge in [0.1, 0.15) is 11.6 Å². The summed E-state index contributed by atoms with van der Waals surface area (Å²) in [4.78, 5) is 1.63. The summed E-state index contributed by atoms with van der Waals surface area (Å²) in [5, 5.41) is 0. The minimum Gasteiger partial charge on any atom is -0.397 e. The molecule has 2 aromatic carbocycles. The second-order valence-corrected chi connectivity index (χ2v) is 4.72. The van der Waals surface area contributed by atoms with Gasteiger partial charge in [-0.1, -0.05) is 6.07 Å². The third-order valence-corrected chi connectivity index (χ3v) is 3.23. The molecular formula is C13H11BrF2N2. The van der Waals surface area contributed by atoms with Crippen LogP contribution in [0.5, 0.6) is 0 Å². The zero-order valence-electron chi connectivity index (χ0n) is 9.62. The van der Waals surface area contributed by atoms with Crippen LogP contribution < -0.4 is 10.6 Å². The average molecular weight is 313 g/mol. The van der Waals surface area contributed by atoms with Gasteiger partial charge in [-0.15, -0.1) is 0 Å². The maximum atomic E-state index is 13.5. The lowest BCUT2D eigenvalue weighted by Crippen LogP contribution is -2.12. The highest BCUT2D eigenvalue weighted by Gasteiger charge is 2.11. The van der Waals surface area contributed by atoms with Crippen LogP contribution in [0, 0.1) is 11.6 Å². The van der Waals surface area contributed by atoms with Crippen LogP contribution in [0.2, 0.25) is 0 Å². The molecule has 0 atom stereocenters. The van der Waals surface area contributed by atoms with Gasteiger partial charge in [0.2, 0.25) is 0 Å². The lowest BCUT2D eigenvalue weighted by molar-refractivity contribution is 0.621. The summed E-state index contributed by atoms with van der Waals surface area (Å²) in [6.45, 7) is 0. The van der Waals surface area contributed by atoms with E-state index in [-0.39, 0.29) is 5.82 Å². The van der Waals surface area contributed by atoms with Crippen molar-refractivity contribution in [1.29, 1.82) is 0 Å². The fourth-order valence-corrected chi connectivity index (χ4v) is 2.03. The number of nitrogens with two attached hydrogens (primary N) is 1. The number of halogens is 3. The standard InChI is InChI=1S/C13H11BrF2N2/c1-18(9-4-2-3-8(15)5-9)13-7-11(16)10(14)6-12(13)17/h2-7H,17H2,1H3. The van der Waals surface area contributed by atoms with Crippen molar-refractivity contribution in [3.63, 3.8) is 0 Å². The number of benzene rings is 2. The SMILES string of the molecule is CN(c1cccc(F)c1)c1cc(F)c(Br)cc1N. The van der Waals surface area contributed by atoms with Crippen molar-refractivity contribution in [2.24, 2.45) is 0 Å². The van der Waals surface area contributed by atoms with E-state index < -0.39 is 5.82 Å². The zero-order valence-corrected chi connectivity index (χ0v) is 11.2. The van der Waals surface area contributed by atoms with Crippen molar-refractivity contribution in [2.45, 2.75) is 0 Å². The van der Waals surface area contributed by atoms with E-state index in [1.807, 2.05) is 0 Å². The maximum absolute atomic E-state index is 13.5. The first kappa shape index (κ1) is 12.8. The molecule has 0 spiro atoms. The predicted octanol–water partition coefficient (Wildman–Crippen LogP) is 4.08. The van der Waals surface area contributed by atoms with E-state index in [9.17, 15) is 8.78 Å². The summed E-state index contributed by atoms with van der Waals surface area (Å²) in [6, 6.07) is 8.82. The fourth-order valence-electron chi connectivity index (χ4n) is 1.67. The van der Waals surface area contributed by atoms with E-state index in [2.05, 4.69) is 15.9 Å².